The molecule has 0 aliphatic heterocycles. The summed E-state index contributed by atoms with van der Waals surface area (Å²) in [4.78, 5) is 0.323. The third kappa shape index (κ3) is 4.59. The van der Waals surface area contributed by atoms with Crippen molar-refractivity contribution in [1.82, 2.24) is 4.72 Å². The van der Waals surface area contributed by atoms with E-state index in [9.17, 15) is 16.8 Å². The molecule has 1 aliphatic carbocycles. The molecule has 3 rings (SSSR count). The summed E-state index contributed by atoms with van der Waals surface area (Å²) >= 11 is 0. The highest BCUT2D eigenvalue weighted by atomic mass is 32.2. The van der Waals surface area contributed by atoms with Crippen LogP contribution in [-0.2, 0) is 32.7 Å². The fourth-order valence-electron chi connectivity index (χ4n) is 3.36. The van der Waals surface area contributed by atoms with Crippen LogP contribution in [0.1, 0.15) is 48.6 Å². The van der Waals surface area contributed by atoms with Crippen LogP contribution in [0.3, 0.4) is 0 Å². The molecule has 2 aromatic carbocycles. The summed E-state index contributed by atoms with van der Waals surface area (Å²) in [5.41, 5.74) is 4.22. The minimum Gasteiger partial charge on any atom is -0.224 e. The second-order valence-corrected chi connectivity index (χ2v) is 11.7. The number of hydrogen-bond acceptors (Lipinski definition) is 4. The Morgan fingerprint density at radius 3 is 2.41 bits per heavy atom. The first kappa shape index (κ1) is 20.0. The fraction of sp³-hybridized carbons (Fsp3) is 0.400. The second-order valence-electron chi connectivity index (χ2n) is 7.43. The van der Waals surface area contributed by atoms with Crippen LogP contribution in [-0.4, -0.2) is 28.3 Å². The molecule has 27 heavy (non-hydrogen) atoms. The molecule has 0 saturated carbocycles. The van der Waals surface area contributed by atoms with Gasteiger partial charge in [-0.25, -0.2) is 21.6 Å². The highest BCUT2D eigenvalue weighted by Gasteiger charge is 2.28. The maximum absolute atomic E-state index is 12.2. The summed E-state index contributed by atoms with van der Waals surface area (Å²) in [6.45, 7) is 3.35. The van der Waals surface area contributed by atoms with Crippen LogP contribution in [0.5, 0.6) is 0 Å². The van der Waals surface area contributed by atoms with Gasteiger partial charge in [0.25, 0.3) is 0 Å². The van der Waals surface area contributed by atoms with Gasteiger partial charge < -0.3 is 0 Å². The summed E-state index contributed by atoms with van der Waals surface area (Å²) in [6, 6.07) is 12.9. The van der Waals surface area contributed by atoms with E-state index in [1.165, 1.54) is 6.26 Å². The molecule has 0 fully saturated rings. The number of sulfone groups is 1. The molecular formula is C20H25NO4S2. The average Bonchev–Trinajstić information content (AvgIpc) is 2.96. The third-order valence-electron chi connectivity index (χ3n) is 4.95. The Bertz CT molecular complexity index is 1060. The molecule has 1 atom stereocenters. The first-order valence-electron chi connectivity index (χ1n) is 8.98. The number of rotatable bonds is 6. The van der Waals surface area contributed by atoms with Gasteiger partial charge in [0.1, 0.15) is 0 Å². The van der Waals surface area contributed by atoms with Crippen LogP contribution < -0.4 is 4.72 Å². The Kier molecular flexibility index (Phi) is 5.47. The van der Waals surface area contributed by atoms with E-state index in [-0.39, 0.29) is 6.04 Å². The molecule has 1 aliphatic rings. The van der Waals surface area contributed by atoms with Gasteiger partial charge in [-0.05, 0) is 67.5 Å². The number of hydrogen-bond donors (Lipinski definition) is 1. The van der Waals surface area contributed by atoms with Gasteiger partial charge >= 0.3 is 0 Å². The van der Waals surface area contributed by atoms with Crippen molar-refractivity contribution in [2.75, 3.05) is 6.26 Å². The van der Waals surface area contributed by atoms with E-state index in [2.05, 4.69) is 10.8 Å². The van der Waals surface area contributed by atoms with Crippen LogP contribution in [0, 0.1) is 0 Å². The van der Waals surface area contributed by atoms with Gasteiger partial charge in [-0.2, -0.15) is 0 Å². The lowest BCUT2D eigenvalue weighted by Crippen LogP contribution is -2.33. The Balaban J connectivity index is 1.80. The largest absolute Gasteiger partial charge is 0.224 e. The highest BCUT2D eigenvalue weighted by Crippen LogP contribution is 2.33. The predicted molar refractivity (Wildman–Crippen MR) is 107 cm³/mol. The Labute approximate surface area is 161 Å². The lowest BCUT2D eigenvalue weighted by Gasteiger charge is -2.17. The van der Waals surface area contributed by atoms with Crippen molar-refractivity contribution >= 4 is 19.9 Å². The standard InChI is InChI=1S/C20H25NO4S2/c1-14(2)27(24,25)21-20-10-8-17-12-16(7-9-19(17)20)11-15-5-4-6-18(13-15)26(3,22)23/h4-7,9,12-14,20-21H,8,10-11H2,1-3H3. The molecule has 0 aromatic heterocycles. The molecule has 1 unspecified atom stereocenters. The molecule has 0 amide bonds. The third-order valence-corrected chi connectivity index (χ3v) is 7.91. The van der Waals surface area contributed by atoms with E-state index in [0.29, 0.717) is 11.3 Å². The van der Waals surface area contributed by atoms with E-state index in [1.807, 2.05) is 18.2 Å². The van der Waals surface area contributed by atoms with Gasteiger partial charge in [0.2, 0.25) is 10.0 Å². The molecule has 0 spiro atoms. The number of aryl methyl sites for hydroxylation is 1. The van der Waals surface area contributed by atoms with Crippen LogP contribution in [0.2, 0.25) is 0 Å². The van der Waals surface area contributed by atoms with Crippen molar-refractivity contribution in [2.24, 2.45) is 0 Å². The molecule has 2 aromatic rings. The zero-order valence-corrected chi connectivity index (χ0v) is 17.4. The fourth-order valence-corrected chi connectivity index (χ4v) is 4.96. The first-order valence-corrected chi connectivity index (χ1v) is 12.4. The van der Waals surface area contributed by atoms with Gasteiger partial charge in [-0.1, -0.05) is 30.3 Å². The zero-order chi connectivity index (χ0) is 19.8. The second kappa shape index (κ2) is 7.37. The number of nitrogens with one attached hydrogen (secondary N) is 1. The Morgan fingerprint density at radius 2 is 1.74 bits per heavy atom. The van der Waals surface area contributed by atoms with Gasteiger partial charge in [-0.15, -0.1) is 0 Å². The molecular weight excluding hydrogens is 382 g/mol. The molecule has 1 N–H and O–H groups in total. The number of fused-ring (bicyclic) bond motifs is 1. The molecule has 146 valence electrons. The minimum atomic E-state index is -3.31. The highest BCUT2D eigenvalue weighted by molar-refractivity contribution is 7.90. The molecule has 0 saturated heterocycles. The summed E-state index contributed by atoms with van der Waals surface area (Å²) in [7, 11) is -6.53. The summed E-state index contributed by atoms with van der Waals surface area (Å²) in [5.74, 6) is 0. The van der Waals surface area contributed by atoms with Crippen molar-refractivity contribution < 1.29 is 16.8 Å². The van der Waals surface area contributed by atoms with E-state index in [1.54, 1.807) is 32.0 Å². The molecule has 5 nitrogen and oxygen atoms in total. The summed E-state index contributed by atoms with van der Waals surface area (Å²) < 4.78 is 50.6. The maximum atomic E-state index is 12.2. The van der Waals surface area contributed by atoms with Crippen molar-refractivity contribution in [3.63, 3.8) is 0 Å². The predicted octanol–water partition coefficient (Wildman–Crippen LogP) is 3.00. The number of benzene rings is 2. The molecule has 0 bridgehead atoms. The quantitative estimate of drug-likeness (QED) is 0.798. The van der Waals surface area contributed by atoms with Crippen LogP contribution >= 0.6 is 0 Å². The van der Waals surface area contributed by atoms with Crippen LogP contribution in [0.4, 0.5) is 0 Å². The monoisotopic (exact) mass is 407 g/mol. The van der Waals surface area contributed by atoms with Crippen LogP contribution in [0.15, 0.2) is 47.4 Å². The number of sulfonamides is 1. The van der Waals surface area contributed by atoms with E-state index >= 15 is 0 Å². The average molecular weight is 408 g/mol. The normalized spacial score (nSPS) is 17.3. The SMILES string of the molecule is CC(C)S(=O)(=O)NC1CCc2cc(Cc3cccc(S(C)(=O)=O)c3)ccc21. The van der Waals surface area contributed by atoms with Crippen molar-refractivity contribution in [3.05, 3.63) is 64.7 Å². The van der Waals surface area contributed by atoms with Crippen molar-refractivity contribution in [1.29, 1.82) is 0 Å². The van der Waals surface area contributed by atoms with Crippen molar-refractivity contribution in [2.45, 2.75) is 49.3 Å². The minimum absolute atomic E-state index is 0.171. The molecule has 0 heterocycles. The lowest BCUT2D eigenvalue weighted by atomic mass is 10.00. The van der Waals surface area contributed by atoms with Crippen LogP contribution in [0.25, 0.3) is 0 Å². The molecule has 0 radical (unpaired) electrons. The Hall–Kier alpha value is -1.70. The van der Waals surface area contributed by atoms with E-state index in [0.717, 1.165) is 35.1 Å². The molecule has 7 heteroatoms. The lowest BCUT2D eigenvalue weighted by molar-refractivity contribution is 0.546. The van der Waals surface area contributed by atoms with E-state index < -0.39 is 25.1 Å². The Morgan fingerprint density at radius 1 is 1.04 bits per heavy atom. The zero-order valence-electron chi connectivity index (χ0n) is 15.8. The summed E-state index contributed by atoms with van der Waals surface area (Å²) in [6.07, 6.45) is 3.44. The van der Waals surface area contributed by atoms with Gasteiger partial charge in [0.15, 0.2) is 9.84 Å². The maximum Gasteiger partial charge on any atom is 0.214 e. The van der Waals surface area contributed by atoms with Crippen molar-refractivity contribution in [3.8, 4) is 0 Å². The van der Waals surface area contributed by atoms with E-state index in [4.69, 9.17) is 0 Å². The topological polar surface area (TPSA) is 80.3 Å². The smallest absolute Gasteiger partial charge is 0.214 e. The first-order chi connectivity index (χ1) is 12.6. The van der Waals surface area contributed by atoms with Gasteiger partial charge in [-0.3, -0.25) is 0 Å². The van der Waals surface area contributed by atoms with Gasteiger partial charge in [0.05, 0.1) is 10.1 Å². The van der Waals surface area contributed by atoms with Gasteiger partial charge in [0, 0.05) is 12.3 Å². The summed E-state index contributed by atoms with van der Waals surface area (Å²) in [5, 5.41) is -0.456.